The minimum Gasteiger partial charge on any atom is -0.463 e. The number of nitrogens with zero attached hydrogens (tertiary/aromatic N) is 3. The molecule has 0 spiro atoms. The van der Waals surface area contributed by atoms with Crippen LogP contribution in [0.1, 0.15) is 39.2 Å². The number of allylic oxidation sites excluding steroid dienone is 2. The fourth-order valence-electron chi connectivity index (χ4n) is 5.52. The van der Waals surface area contributed by atoms with Gasteiger partial charge in [0.15, 0.2) is 0 Å². The van der Waals surface area contributed by atoms with E-state index < -0.39 is 27.9 Å². The van der Waals surface area contributed by atoms with Crippen molar-refractivity contribution >= 4 is 22.0 Å². The number of para-hydroxylation sites is 1. The third-order valence-corrected chi connectivity index (χ3v) is 9.47. The average Bonchev–Trinajstić information content (AvgIpc) is 3.47. The summed E-state index contributed by atoms with van der Waals surface area (Å²) in [6.07, 6.45) is 1.79. The Kier molecular flexibility index (Phi) is 9.33. The Bertz CT molecular complexity index is 1660. The van der Waals surface area contributed by atoms with Crippen LogP contribution >= 0.6 is 0 Å². The van der Waals surface area contributed by atoms with Crippen molar-refractivity contribution in [3.63, 3.8) is 0 Å². The number of benzene rings is 2. The van der Waals surface area contributed by atoms with Gasteiger partial charge in [-0.1, -0.05) is 30.3 Å². The highest BCUT2D eigenvalue weighted by atomic mass is 32.2. The van der Waals surface area contributed by atoms with Gasteiger partial charge in [0, 0.05) is 41.8 Å². The Labute approximate surface area is 257 Å². The van der Waals surface area contributed by atoms with Crippen LogP contribution in [0.5, 0.6) is 0 Å². The summed E-state index contributed by atoms with van der Waals surface area (Å²) in [6, 6.07) is 15.9. The van der Waals surface area contributed by atoms with Gasteiger partial charge < -0.3 is 19.5 Å². The van der Waals surface area contributed by atoms with Crippen LogP contribution in [-0.2, 0) is 33.8 Å². The number of carbonyl (C=O) groups excluding carboxylic acids is 2. The molecule has 1 N–H and O–H groups in total. The van der Waals surface area contributed by atoms with E-state index in [1.807, 2.05) is 30.3 Å². The van der Waals surface area contributed by atoms with Crippen molar-refractivity contribution < 1.29 is 32.2 Å². The molecule has 11 nitrogen and oxygen atoms in total. The maximum absolute atomic E-state index is 13.5. The molecule has 3 heterocycles. The fourth-order valence-corrected chi connectivity index (χ4v) is 6.93. The number of aromatic nitrogens is 2. The number of carbonyl (C=O) groups is 2. The van der Waals surface area contributed by atoms with E-state index in [1.54, 1.807) is 62.8 Å². The molecule has 0 radical (unpaired) electrons. The summed E-state index contributed by atoms with van der Waals surface area (Å²) in [5, 5.41) is 8.07. The Morgan fingerprint density at radius 3 is 2.02 bits per heavy atom. The summed E-state index contributed by atoms with van der Waals surface area (Å²) in [6.45, 7) is 8.53. The molecular formula is C32H36N4O7S. The van der Waals surface area contributed by atoms with Gasteiger partial charge in [-0.25, -0.2) is 22.7 Å². The first-order chi connectivity index (χ1) is 21.2. The normalized spacial score (nSPS) is 16.5. The molecule has 0 bridgehead atoms. The molecule has 44 heavy (non-hydrogen) atoms. The molecule has 2 aliphatic rings. The van der Waals surface area contributed by atoms with Gasteiger partial charge in [0.1, 0.15) is 0 Å². The summed E-state index contributed by atoms with van der Waals surface area (Å²) in [4.78, 5) is 27.1. The lowest BCUT2D eigenvalue weighted by atomic mass is 9.79. The molecule has 0 atom stereocenters. The molecule has 5 rings (SSSR count). The number of esters is 2. The number of morpholine rings is 1. The van der Waals surface area contributed by atoms with Gasteiger partial charge in [-0.05, 0) is 52.0 Å². The summed E-state index contributed by atoms with van der Waals surface area (Å²) in [5.41, 5.74) is 4.02. The number of hydrogen-bond acceptors (Lipinski definition) is 9. The first-order valence-electron chi connectivity index (χ1n) is 14.5. The number of nitrogens with one attached hydrogen (secondary N) is 1. The molecule has 0 saturated carbocycles. The van der Waals surface area contributed by atoms with Gasteiger partial charge >= 0.3 is 11.9 Å². The monoisotopic (exact) mass is 620 g/mol. The lowest BCUT2D eigenvalue weighted by molar-refractivity contribution is -0.139. The highest BCUT2D eigenvalue weighted by Crippen LogP contribution is 2.43. The van der Waals surface area contributed by atoms with Crippen molar-refractivity contribution in [2.75, 3.05) is 39.5 Å². The van der Waals surface area contributed by atoms with Crippen molar-refractivity contribution in [1.82, 2.24) is 19.4 Å². The third kappa shape index (κ3) is 6.05. The molecule has 1 fully saturated rings. The Hall–Kier alpha value is -4.26. The second kappa shape index (κ2) is 13.2. The number of sulfonamides is 1. The Morgan fingerprint density at radius 1 is 0.909 bits per heavy atom. The zero-order chi connectivity index (χ0) is 31.4. The summed E-state index contributed by atoms with van der Waals surface area (Å²) >= 11 is 0. The van der Waals surface area contributed by atoms with Gasteiger partial charge in [-0.3, -0.25) is 0 Å². The van der Waals surface area contributed by atoms with E-state index in [2.05, 4.69) is 5.32 Å². The zero-order valence-corrected chi connectivity index (χ0v) is 26.0. The number of hydrogen-bond donors (Lipinski definition) is 1. The average molecular weight is 621 g/mol. The van der Waals surface area contributed by atoms with Crippen LogP contribution in [-0.4, -0.2) is 74.0 Å². The van der Waals surface area contributed by atoms with Gasteiger partial charge in [0.05, 0.1) is 59.8 Å². The largest absolute Gasteiger partial charge is 0.463 e. The predicted molar refractivity (Wildman–Crippen MR) is 163 cm³/mol. The molecule has 1 aromatic heterocycles. The molecule has 2 aromatic carbocycles. The molecule has 12 heteroatoms. The minimum absolute atomic E-state index is 0.148. The van der Waals surface area contributed by atoms with Crippen LogP contribution in [0.3, 0.4) is 0 Å². The van der Waals surface area contributed by atoms with Crippen molar-refractivity contribution in [3.05, 3.63) is 88.9 Å². The lowest BCUT2D eigenvalue weighted by Gasteiger charge is -2.30. The molecule has 3 aromatic rings. The van der Waals surface area contributed by atoms with Gasteiger partial charge in [-0.15, -0.1) is 0 Å². The van der Waals surface area contributed by atoms with Crippen molar-refractivity contribution in [2.24, 2.45) is 0 Å². The van der Waals surface area contributed by atoms with Crippen molar-refractivity contribution in [2.45, 2.75) is 38.5 Å². The molecule has 2 aliphatic heterocycles. The third-order valence-electron chi connectivity index (χ3n) is 7.56. The minimum atomic E-state index is -3.71. The van der Waals surface area contributed by atoms with E-state index >= 15 is 0 Å². The van der Waals surface area contributed by atoms with Crippen LogP contribution in [0, 0.1) is 0 Å². The molecule has 232 valence electrons. The van der Waals surface area contributed by atoms with E-state index in [-0.39, 0.29) is 42.3 Å². The number of rotatable bonds is 9. The standard InChI is InChI=1S/C32H36N4O7S/c1-5-42-31(37)27-21(3)33-22(4)28(32(38)43-6-2)29(27)26-20-36(24-10-8-7-9-11-24)34-30(26)23-12-14-25(15-13-23)44(39,40)35-16-18-41-19-17-35/h7-15,20,29,33H,5-6,16-19H2,1-4H3. The highest BCUT2D eigenvalue weighted by molar-refractivity contribution is 7.89. The van der Waals surface area contributed by atoms with E-state index in [1.165, 1.54) is 4.31 Å². The van der Waals surface area contributed by atoms with Gasteiger partial charge in [-0.2, -0.15) is 9.40 Å². The summed E-state index contributed by atoms with van der Waals surface area (Å²) in [5.74, 6) is -2.01. The number of dihydropyridines is 1. The predicted octanol–water partition coefficient (Wildman–Crippen LogP) is 3.92. The topological polar surface area (TPSA) is 129 Å². The fraction of sp³-hybridized carbons (Fsp3) is 0.344. The summed E-state index contributed by atoms with van der Waals surface area (Å²) < 4.78 is 45.9. The second-order valence-electron chi connectivity index (χ2n) is 10.3. The quantitative estimate of drug-likeness (QED) is 0.354. The van der Waals surface area contributed by atoms with E-state index in [0.29, 0.717) is 41.4 Å². The smallest absolute Gasteiger partial charge is 0.336 e. The zero-order valence-electron chi connectivity index (χ0n) is 25.2. The van der Waals surface area contributed by atoms with Crippen molar-refractivity contribution in [1.29, 1.82) is 0 Å². The van der Waals surface area contributed by atoms with Gasteiger partial charge in [0.25, 0.3) is 0 Å². The van der Waals surface area contributed by atoms with Crippen LogP contribution < -0.4 is 5.32 Å². The first-order valence-corrected chi connectivity index (χ1v) is 16.0. The van der Waals surface area contributed by atoms with Crippen molar-refractivity contribution in [3.8, 4) is 16.9 Å². The SMILES string of the molecule is CCOC(=O)C1=C(C)NC(C)=C(C(=O)OCC)C1c1cn(-c2ccccc2)nc1-c1ccc(S(=O)(=O)N2CCOCC2)cc1. The molecule has 0 aliphatic carbocycles. The Balaban J connectivity index is 1.69. The molecule has 1 saturated heterocycles. The van der Waals surface area contributed by atoms with E-state index in [9.17, 15) is 18.0 Å². The summed E-state index contributed by atoms with van der Waals surface area (Å²) in [7, 11) is -3.71. The van der Waals surface area contributed by atoms with E-state index in [4.69, 9.17) is 19.3 Å². The maximum Gasteiger partial charge on any atom is 0.336 e. The molecule has 0 unspecified atom stereocenters. The van der Waals surface area contributed by atoms with E-state index in [0.717, 1.165) is 5.69 Å². The molecule has 0 amide bonds. The van der Waals surface area contributed by atoms with Crippen LogP contribution in [0.2, 0.25) is 0 Å². The Morgan fingerprint density at radius 2 is 1.48 bits per heavy atom. The van der Waals surface area contributed by atoms with Crippen LogP contribution in [0.25, 0.3) is 16.9 Å². The second-order valence-corrected chi connectivity index (χ2v) is 12.3. The highest BCUT2D eigenvalue weighted by Gasteiger charge is 2.40. The molecular weight excluding hydrogens is 584 g/mol. The van der Waals surface area contributed by atoms with Crippen LogP contribution in [0.15, 0.2) is 88.2 Å². The van der Waals surface area contributed by atoms with Gasteiger partial charge in [0.2, 0.25) is 10.0 Å². The first kappa shape index (κ1) is 31.2. The lowest BCUT2D eigenvalue weighted by Crippen LogP contribution is -2.40. The number of ether oxygens (including phenoxy) is 3. The maximum atomic E-state index is 13.5. The van der Waals surface area contributed by atoms with Crippen LogP contribution in [0.4, 0.5) is 0 Å².